The number of pyridine rings is 1. The molecule has 0 atom stereocenters. The summed E-state index contributed by atoms with van der Waals surface area (Å²) in [5.41, 5.74) is 1.08. The first-order chi connectivity index (χ1) is 8.19. The summed E-state index contributed by atoms with van der Waals surface area (Å²) in [5, 5.41) is 7.11. The van der Waals surface area contributed by atoms with E-state index in [0.29, 0.717) is 18.2 Å². The standard InChI is InChI=1S/C12H16N4O/c1-8(2)12-14-10(15-16-12)6-9-4-5-11(17-3)13-7-9/h4-5,7-8H,6H2,1-3H3,(H,14,15,16). The highest BCUT2D eigenvalue weighted by Crippen LogP contribution is 2.12. The molecule has 0 aliphatic heterocycles. The highest BCUT2D eigenvalue weighted by Gasteiger charge is 2.07. The molecule has 0 bridgehead atoms. The first-order valence-corrected chi connectivity index (χ1v) is 5.59. The number of ether oxygens (including phenoxy) is 1. The minimum Gasteiger partial charge on any atom is -0.481 e. The molecule has 0 amide bonds. The quantitative estimate of drug-likeness (QED) is 0.874. The molecule has 2 rings (SSSR count). The second-order valence-corrected chi connectivity index (χ2v) is 4.18. The first-order valence-electron chi connectivity index (χ1n) is 5.59. The van der Waals surface area contributed by atoms with E-state index in [2.05, 4.69) is 34.0 Å². The van der Waals surface area contributed by atoms with Crippen molar-refractivity contribution < 1.29 is 4.74 Å². The van der Waals surface area contributed by atoms with Crippen LogP contribution in [0, 0.1) is 0 Å². The van der Waals surface area contributed by atoms with Gasteiger partial charge in [-0.15, -0.1) is 0 Å². The molecular formula is C12H16N4O. The number of nitrogens with zero attached hydrogens (tertiary/aromatic N) is 3. The van der Waals surface area contributed by atoms with Crippen LogP contribution in [0.3, 0.4) is 0 Å². The molecule has 0 unspecified atom stereocenters. The molecule has 1 N–H and O–H groups in total. The highest BCUT2D eigenvalue weighted by molar-refractivity contribution is 5.20. The number of aromatic amines is 1. The lowest BCUT2D eigenvalue weighted by Gasteiger charge is -2.00. The van der Waals surface area contributed by atoms with E-state index in [9.17, 15) is 0 Å². The van der Waals surface area contributed by atoms with Crippen LogP contribution in [0.2, 0.25) is 0 Å². The van der Waals surface area contributed by atoms with Crippen LogP contribution in [0.15, 0.2) is 18.3 Å². The second kappa shape index (κ2) is 4.95. The third-order valence-corrected chi connectivity index (χ3v) is 2.44. The van der Waals surface area contributed by atoms with Crippen molar-refractivity contribution in [2.75, 3.05) is 7.11 Å². The maximum absolute atomic E-state index is 5.01. The van der Waals surface area contributed by atoms with Gasteiger partial charge < -0.3 is 4.74 Å². The lowest BCUT2D eigenvalue weighted by atomic mass is 10.2. The summed E-state index contributed by atoms with van der Waals surface area (Å²) in [5.74, 6) is 2.67. The first kappa shape index (κ1) is 11.6. The van der Waals surface area contributed by atoms with Crippen molar-refractivity contribution in [3.63, 3.8) is 0 Å². The van der Waals surface area contributed by atoms with Crippen LogP contribution in [-0.2, 0) is 6.42 Å². The minimum atomic E-state index is 0.342. The zero-order chi connectivity index (χ0) is 12.3. The Morgan fingerprint density at radius 3 is 2.71 bits per heavy atom. The molecule has 0 aromatic carbocycles. The monoisotopic (exact) mass is 232 g/mol. The molecule has 0 spiro atoms. The zero-order valence-electron chi connectivity index (χ0n) is 10.3. The number of rotatable bonds is 4. The summed E-state index contributed by atoms with van der Waals surface area (Å²) in [6, 6.07) is 3.82. The van der Waals surface area contributed by atoms with Gasteiger partial charge in [0.05, 0.1) is 7.11 Å². The zero-order valence-corrected chi connectivity index (χ0v) is 10.3. The van der Waals surface area contributed by atoms with Crippen LogP contribution < -0.4 is 4.74 Å². The van der Waals surface area contributed by atoms with Crippen LogP contribution in [-0.4, -0.2) is 27.3 Å². The van der Waals surface area contributed by atoms with E-state index in [4.69, 9.17) is 4.74 Å². The average molecular weight is 232 g/mol. The number of hydrogen-bond donors (Lipinski definition) is 1. The maximum Gasteiger partial charge on any atom is 0.212 e. The van der Waals surface area contributed by atoms with Gasteiger partial charge in [0.15, 0.2) is 5.82 Å². The number of aromatic nitrogens is 4. The normalized spacial score (nSPS) is 10.8. The van der Waals surface area contributed by atoms with Gasteiger partial charge in [-0.05, 0) is 5.56 Å². The number of methoxy groups -OCH3 is 1. The largest absolute Gasteiger partial charge is 0.481 e. The Morgan fingerprint density at radius 2 is 2.18 bits per heavy atom. The van der Waals surface area contributed by atoms with E-state index < -0.39 is 0 Å². The van der Waals surface area contributed by atoms with Gasteiger partial charge in [0.2, 0.25) is 5.88 Å². The number of nitrogens with one attached hydrogen (secondary N) is 1. The van der Waals surface area contributed by atoms with Gasteiger partial charge >= 0.3 is 0 Å². The van der Waals surface area contributed by atoms with Gasteiger partial charge in [-0.1, -0.05) is 19.9 Å². The van der Waals surface area contributed by atoms with Crippen LogP contribution in [0.1, 0.15) is 37.0 Å². The summed E-state index contributed by atoms with van der Waals surface area (Å²) >= 11 is 0. The third-order valence-electron chi connectivity index (χ3n) is 2.44. The molecular weight excluding hydrogens is 216 g/mol. The van der Waals surface area contributed by atoms with E-state index in [1.54, 1.807) is 13.3 Å². The topological polar surface area (TPSA) is 63.7 Å². The van der Waals surface area contributed by atoms with Crippen molar-refractivity contribution >= 4 is 0 Å². The molecule has 0 radical (unpaired) electrons. The molecule has 90 valence electrons. The fourth-order valence-electron chi connectivity index (χ4n) is 1.48. The van der Waals surface area contributed by atoms with Gasteiger partial charge in [-0.2, -0.15) is 5.10 Å². The highest BCUT2D eigenvalue weighted by atomic mass is 16.5. The Balaban J connectivity index is 2.08. The summed E-state index contributed by atoms with van der Waals surface area (Å²) in [6.45, 7) is 4.14. The summed E-state index contributed by atoms with van der Waals surface area (Å²) < 4.78 is 5.01. The van der Waals surface area contributed by atoms with Gasteiger partial charge in [0.25, 0.3) is 0 Å². The van der Waals surface area contributed by atoms with E-state index in [0.717, 1.165) is 17.2 Å². The maximum atomic E-state index is 5.01. The fraction of sp³-hybridized carbons (Fsp3) is 0.417. The Bertz CT molecular complexity index is 476. The lowest BCUT2D eigenvalue weighted by molar-refractivity contribution is 0.397. The smallest absolute Gasteiger partial charge is 0.212 e. The molecule has 17 heavy (non-hydrogen) atoms. The molecule has 0 aliphatic rings. The van der Waals surface area contributed by atoms with Crippen LogP contribution in [0.5, 0.6) is 5.88 Å². The van der Waals surface area contributed by atoms with E-state index in [1.165, 1.54) is 0 Å². The van der Waals surface area contributed by atoms with E-state index >= 15 is 0 Å². The van der Waals surface area contributed by atoms with Crippen molar-refractivity contribution in [3.05, 3.63) is 35.5 Å². The molecule has 0 aliphatic carbocycles. The van der Waals surface area contributed by atoms with Crippen molar-refractivity contribution in [1.29, 1.82) is 0 Å². The third kappa shape index (κ3) is 2.81. The molecule has 0 saturated heterocycles. The molecule has 2 heterocycles. The average Bonchev–Trinajstić information content (AvgIpc) is 2.79. The molecule has 5 heteroatoms. The Hall–Kier alpha value is -1.91. The predicted octanol–water partition coefficient (Wildman–Crippen LogP) is 1.92. The molecule has 2 aromatic heterocycles. The van der Waals surface area contributed by atoms with Crippen LogP contribution in [0.25, 0.3) is 0 Å². The number of H-pyrrole nitrogens is 1. The van der Waals surface area contributed by atoms with Crippen molar-refractivity contribution in [2.24, 2.45) is 0 Å². The van der Waals surface area contributed by atoms with Crippen molar-refractivity contribution in [2.45, 2.75) is 26.2 Å². The number of hydrogen-bond acceptors (Lipinski definition) is 4. The summed E-state index contributed by atoms with van der Waals surface area (Å²) in [7, 11) is 1.60. The Labute approximate surface area is 100 Å². The summed E-state index contributed by atoms with van der Waals surface area (Å²) in [6.07, 6.45) is 2.49. The fourth-order valence-corrected chi connectivity index (χ4v) is 1.48. The Kier molecular flexibility index (Phi) is 3.37. The molecule has 0 fully saturated rings. The van der Waals surface area contributed by atoms with Gasteiger partial charge in [0.1, 0.15) is 5.82 Å². The Morgan fingerprint density at radius 1 is 1.35 bits per heavy atom. The van der Waals surface area contributed by atoms with E-state index in [-0.39, 0.29) is 0 Å². The second-order valence-electron chi connectivity index (χ2n) is 4.18. The van der Waals surface area contributed by atoms with E-state index in [1.807, 2.05) is 12.1 Å². The minimum absolute atomic E-state index is 0.342. The van der Waals surface area contributed by atoms with Crippen molar-refractivity contribution in [3.8, 4) is 5.88 Å². The van der Waals surface area contributed by atoms with Crippen molar-refractivity contribution in [1.82, 2.24) is 20.2 Å². The predicted molar refractivity (Wildman–Crippen MR) is 64.1 cm³/mol. The summed E-state index contributed by atoms with van der Waals surface area (Å²) in [4.78, 5) is 8.57. The lowest BCUT2D eigenvalue weighted by Crippen LogP contribution is -1.94. The molecule has 2 aromatic rings. The van der Waals surface area contributed by atoms with Gasteiger partial charge in [-0.25, -0.2) is 9.97 Å². The van der Waals surface area contributed by atoms with Crippen LogP contribution in [0.4, 0.5) is 0 Å². The molecule has 0 saturated carbocycles. The molecule has 5 nitrogen and oxygen atoms in total. The van der Waals surface area contributed by atoms with Gasteiger partial charge in [0, 0.05) is 24.6 Å². The SMILES string of the molecule is COc1ccc(Cc2nc(C(C)C)n[nH]2)cn1. The van der Waals surface area contributed by atoms with Crippen LogP contribution >= 0.6 is 0 Å². The van der Waals surface area contributed by atoms with Gasteiger partial charge in [-0.3, -0.25) is 5.10 Å².